The molecule has 17 heavy (non-hydrogen) atoms. The van der Waals surface area contributed by atoms with Crippen molar-refractivity contribution in [1.82, 2.24) is 4.98 Å². The van der Waals surface area contributed by atoms with Gasteiger partial charge < -0.3 is 0 Å². The number of halogens is 2. The summed E-state index contributed by atoms with van der Waals surface area (Å²) in [5.74, 6) is -0.818. The van der Waals surface area contributed by atoms with Gasteiger partial charge in [-0.25, -0.2) is 4.39 Å². The topological polar surface area (TPSA) is 30.0 Å². The summed E-state index contributed by atoms with van der Waals surface area (Å²) in [4.78, 5) is 15.5. The van der Waals surface area contributed by atoms with Crippen LogP contribution in [0.3, 0.4) is 0 Å². The molecular weight excluding hydrogens is 285 g/mol. The molecule has 0 aliphatic heterocycles. The molecule has 0 bridgehead atoms. The second-order valence-corrected chi connectivity index (χ2v) is 4.50. The molecule has 86 valence electrons. The summed E-state index contributed by atoms with van der Waals surface area (Å²) in [6.45, 7) is 0. The van der Waals surface area contributed by atoms with Crippen molar-refractivity contribution in [1.29, 1.82) is 0 Å². The van der Waals surface area contributed by atoms with Gasteiger partial charge in [0.05, 0.1) is 11.8 Å². The lowest BCUT2D eigenvalue weighted by molar-refractivity contribution is 0.0989. The molecule has 0 atom stereocenters. The quantitative estimate of drug-likeness (QED) is 0.812. The standard InChI is InChI=1S/C13H9BrFNO/c14-10-3-1-9(2-4-10)7-13(17)11-5-6-16-8-12(11)15/h1-6,8H,7H2. The van der Waals surface area contributed by atoms with Gasteiger partial charge in [0, 0.05) is 17.1 Å². The van der Waals surface area contributed by atoms with Crippen LogP contribution in [0.2, 0.25) is 0 Å². The molecule has 1 aromatic carbocycles. The average molecular weight is 294 g/mol. The smallest absolute Gasteiger partial charge is 0.170 e. The summed E-state index contributed by atoms with van der Waals surface area (Å²) in [5, 5.41) is 0. The van der Waals surface area contributed by atoms with Gasteiger partial charge >= 0.3 is 0 Å². The Hall–Kier alpha value is -1.55. The Morgan fingerprint density at radius 3 is 2.59 bits per heavy atom. The van der Waals surface area contributed by atoms with Crippen molar-refractivity contribution >= 4 is 21.7 Å². The molecule has 0 aliphatic carbocycles. The van der Waals surface area contributed by atoms with Crippen LogP contribution in [0.5, 0.6) is 0 Å². The number of carbonyl (C=O) groups excluding carboxylic acids is 1. The highest BCUT2D eigenvalue weighted by molar-refractivity contribution is 9.10. The summed E-state index contributed by atoms with van der Waals surface area (Å²) < 4.78 is 14.3. The maximum atomic E-state index is 13.3. The lowest BCUT2D eigenvalue weighted by Crippen LogP contribution is -2.06. The summed E-state index contributed by atoms with van der Waals surface area (Å²) in [5.41, 5.74) is 0.942. The Kier molecular flexibility index (Phi) is 3.64. The zero-order valence-corrected chi connectivity index (χ0v) is 10.4. The van der Waals surface area contributed by atoms with Crippen molar-refractivity contribution in [3.63, 3.8) is 0 Å². The van der Waals surface area contributed by atoms with Crippen molar-refractivity contribution in [3.05, 3.63) is 64.1 Å². The molecule has 2 rings (SSSR count). The molecule has 4 heteroatoms. The van der Waals surface area contributed by atoms with Gasteiger partial charge in [-0.05, 0) is 23.8 Å². The van der Waals surface area contributed by atoms with E-state index in [0.29, 0.717) is 0 Å². The fraction of sp³-hybridized carbons (Fsp3) is 0.0769. The van der Waals surface area contributed by atoms with Crippen LogP contribution in [-0.2, 0) is 6.42 Å². The van der Waals surface area contributed by atoms with Crippen molar-refractivity contribution in [2.45, 2.75) is 6.42 Å². The van der Waals surface area contributed by atoms with E-state index in [0.717, 1.165) is 16.2 Å². The Labute approximate surface area is 107 Å². The van der Waals surface area contributed by atoms with E-state index in [-0.39, 0.29) is 17.8 Å². The molecule has 1 heterocycles. The lowest BCUT2D eigenvalue weighted by Gasteiger charge is -2.02. The molecular formula is C13H9BrFNO. The predicted molar refractivity (Wildman–Crippen MR) is 66.4 cm³/mol. The van der Waals surface area contributed by atoms with E-state index >= 15 is 0 Å². The third-order valence-electron chi connectivity index (χ3n) is 2.35. The van der Waals surface area contributed by atoms with E-state index in [1.165, 1.54) is 12.3 Å². The van der Waals surface area contributed by atoms with Crippen LogP contribution >= 0.6 is 15.9 Å². The normalized spacial score (nSPS) is 10.2. The molecule has 1 aromatic heterocycles. The number of benzene rings is 1. The van der Waals surface area contributed by atoms with E-state index in [1.807, 2.05) is 24.3 Å². The number of hydrogen-bond acceptors (Lipinski definition) is 2. The average Bonchev–Trinajstić information content (AvgIpc) is 2.32. The van der Waals surface area contributed by atoms with Gasteiger partial charge in [-0.2, -0.15) is 0 Å². The largest absolute Gasteiger partial charge is 0.294 e. The van der Waals surface area contributed by atoms with Crippen molar-refractivity contribution in [2.75, 3.05) is 0 Å². The van der Waals surface area contributed by atoms with Gasteiger partial charge in [0.25, 0.3) is 0 Å². The van der Waals surface area contributed by atoms with Gasteiger partial charge in [0.15, 0.2) is 11.6 Å². The number of aromatic nitrogens is 1. The van der Waals surface area contributed by atoms with Crippen LogP contribution < -0.4 is 0 Å². The van der Waals surface area contributed by atoms with Crippen LogP contribution in [0.1, 0.15) is 15.9 Å². The number of pyridine rings is 1. The minimum absolute atomic E-state index is 0.0860. The first kappa shape index (κ1) is 11.9. The molecule has 2 aromatic rings. The molecule has 0 saturated heterocycles. The predicted octanol–water partition coefficient (Wildman–Crippen LogP) is 3.41. The molecule has 0 radical (unpaired) electrons. The summed E-state index contributed by atoms with van der Waals surface area (Å²) in [6.07, 6.45) is 2.65. The third-order valence-corrected chi connectivity index (χ3v) is 2.88. The Balaban J connectivity index is 2.17. The highest BCUT2D eigenvalue weighted by Gasteiger charge is 2.11. The fourth-order valence-electron chi connectivity index (χ4n) is 1.48. The number of hydrogen-bond donors (Lipinski definition) is 0. The first-order valence-electron chi connectivity index (χ1n) is 5.04. The second-order valence-electron chi connectivity index (χ2n) is 3.58. The maximum Gasteiger partial charge on any atom is 0.170 e. The zero-order chi connectivity index (χ0) is 12.3. The Bertz CT molecular complexity index is 539. The van der Waals surface area contributed by atoms with Gasteiger partial charge in [-0.15, -0.1) is 0 Å². The first-order chi connectivity index (χ1) is 8.16. The monoisotopic (exact) mass is 293 g/mol. The number of Topliss-reactive ketones (excluding diaryl/α,β-unsaturated/α-hetero) is 1. The van der Waals surface area contributed by atoms with Crippen molar-refractivity contribution in [2.24, 2.45) is 0 Å². The molecule has 0 unspecified atom stereocenters. The number of nitrogens with zero attached hydrogens (tertiary/aromatic N) is 1. The van der Waals surface area contributed by atoms with Crippen LogP contribution in [0.25, 0.3) is 0 Å². The van der Waals surface area contributed by atoms with Crippen LogP contribution in [-0.4, -0.2) is 10.8 Å². The van der Waals surface area contributed by atoms with Crippen molar-refractivity contribution in [3.8, 4) is 0 Å². The Morgan fingerprint density at radius 2 is 1.94 bits per heavy atom. The minimum atomic E-state index is -0.574. The molecule has 0 saturated carbocycles. The second kappa shape index (κ2) is 5.19. The van der Waals surface area contributed by atoms with Gasteiger partial charge in [0.2, 0.25) is 0 Å². The van der Waals surface area contributed by atoms with E-state index in [4.69, 9.17) is 0 Å². The third kappa shape index (κ3) is 2.97. The van der Waals surface area contributed by atoms with Crippen LogP contribution in [0.15, 0.2) is 47.2 Å². The molecule has 0 spiro atoms. The number of carbonyl (C=O) groups is 1. The first-order valence-corrected chi connectivity index (χ1v) is 5.83. The summed E-state index contributed by atoms with van der Waals surface area (Å²) >= 11 is 3.32. The summed E-state index contributed by atoms with van der Waals surface area (Å²) in [7, 11) is 0. The van der Waals surface area contributed by atoms with Gasteiger partial charge in [-0.3, -0.25) is 9.78 Å². The molecule has 2 nitrogen and oxygen atoms in total. The SMILES string of the molecule is O=C(Cc1ccc(Br)cc1)c1ccncc1F. The summed E-state index contributed by atoms with van der Waals surface area (Å²) in [6, 6.07) is 8.77. The molecule has 0 fully saturated rings. The zero-order valence-electron chi connectivity index (χ0n) is 8.86. The molecule has 0 amide bonds. The van der Waals surface area contributed by atoms with Crippen molar-refractivity contribution < 1.29 is 9.18 Å². The highest BCUT2D eigenvalue weighted by Crippen LogP contribution is 2.13. The minimum Gasteiger partial charge on any atom is -0.294 e. The van der Waals surface area contributed by atoms with Gasteiger partial charge in [0.1, 0.15) is 0 Å². The van der Waals surface area contributed by atoms with E-state index in [9.17, 15) is 9.18 Å². The van der Waals surface area contributed by atoms with E-state index in [1.54, 1.807) is 0 Å². The molecule has 0 aliphatic rings. The molecule has 0 N–H and O–H groups in total. The lowest BCUT2D eigenvalue weighted by atomic mass is 10.0. The number of rotatable bonds is 3. The van der Waals surface area contributed by atoms with E-state index in [2.05, 4.69) is 20.9 Å². The highest BCUT2D eigenvalue weighted by atomic mass is 79.9. The van der Waals surface area contributed by atoms with Crippen LogP contribution in [0, 0.1) is 5.82 Å². The maximum absolute atomic E-state index is 13.3. The fourth-order valence-corrected chi connectivity index (χ4v) is 1.75. The Morgan fingerprint density at radius 1 is 1.24 bits per heavy atom. The van der Waals surface area contributed by atoms with Crippen LogP contribution in [0.4, 0.5) is 4.39 Å². The van der Waals surface area contributed by atoms with Gasteiger partial charge in [-0.1, -0.05) is 28.1 Å². The number of ketones is 1. The van der Waals surface area contributed by atoms with E-state index < -0.39 is 5.82 Å².